The van der Waals surface area contributed by atoms with Crippen molar-refractivity contribution in [2.45, 2.75) is 45.6 Å². The lowest BCUT2D eigenvalue weighted by molar-refractivity contribution is -0.148. The fourth-order valence-corrected chi connectivity index (χ4v) is 3.51. The minimum Gasteiger partial charge on any atom is -0.383 e. The predicted molar refractivity (Wildman–Crippen MR) is 85.1 cm³/mol. The molecular weight excluding hydrogens is 280 g/mol. The van der Waals surface area contributed by atoms with E-state index < -0.39 is 6.10 Å². The van der Waals surface area contributed by atoms with E-state index in [0.717, 1.165) is 25.8 Å². The summed E-state index contributed by atoms with van der Waals surface area (Å²) >= 11 is 0. The zero-order valence-electron chi connectivity index (χ0n) is 13.8. The van der Waals surface area contributed by atoms with Gasteiger partial charge in [-0.2, -0.15) is 0 Å². The number of aliphatic hydroxyl groups is 1. The molecule has 1 spiro atoms. The average Bonchev–Trinajstić information content (AvgIpc) is 2.51. The summed E-state index contributed by atoms with van der Waals surface area (Å²) in [4.78, 5) is 27.8. The van der Waals surface area contributed by atoms with Gasteiger partial charge in [-0.3, -0.25) is 9.59 Å². The van der Waals surface area contributed by atoms with Crippen LogP contribution in [0.2, 0.25) is 0 Å². The van der Waals surface area contributed by atoms with Crippen molar-refractivity contribution in [3.05, 3.63) is 12.7 Å². The maximum absolute atomic E-state index is 12.2. The van der Waals surface area contributed by atoms with Crippen LogP contribution in [0.4, 0.5) is 0 Å². The van der Waals surface area contributed by atoms with Crippen molar-refractivity contribution >= 4 is 11.8 Å². The summed E-state index contributed by atoms with van der Waals surface area (Å²) in [6, 6.07) is 0. The summed E-state index contributed by atoms with van der Waals surface area (Å²) in [5.74, 6) is -0.00211. The molecular formula is C17H28N2O3. The highest BCUT2D eigenvalue weighted by molar-refractivity contribution is 5.81. The normalized spacial score (nSPS) is 23.0. The van der Waals surface area contributed by atoms with Crippen molar-refractivity contribution in [2.24, 2.45) is 11.3 Å². The van der Waals surface area contributed by atoms with Crippen LogP contribution in [0, 0.1) is 11.3 Å². The van der Waals surface area contributed by atoms with Gasteiger partial charge in [0.15, 0.2) is 0 Å². The molecule has 22 heavy (non-hydrogen) atoms. The van der Waals surface area contributed by atoms with E-state index in [2.05, 4.69) is 6.58 Å². The Morgan fingerprint density at radius 1 is 1.36 bits per heavy atom. The lowest BCUT2D eigenvalue weighted by Crippen LogP contribution is -2.53. The predicted octanol–water partition coefficient (Wildman–Crippen LogP) is 1.42. The Labute approximate surface area is 133 Å². The first-order valence-electron chi connectivity index (χ1n) is 8.24. The van der Waals surface area contributed by atoms with Crippen LogP contribution in [0.25, 0.3) is 0 Å². The number of likely N-dealkylation sites (tertiary alicyclic amines) is 2. The number of amides is 2. The molecule has 1 atom stereocenters. The number of nitrogens with zero attached hydrogens (tertiary/aromatic N) is 2. The van der Waals surface area contributed by atoms with Gasteiger partial charge < -0.3 is 14.9 Å². The van der Waals surface area contributed by atoms with Crippen molar-refractivity contribution in [1.29, 1.82) is 0 Å². The number of carbonyl (C=O) groups excluding carboxylic acids is 2. The van der Waals surface area contributed by atoms with Gasteiger partial charge in [0.1, 0.15) is 6.10 Å². The summed E-state index contributed by atoms with van der Waals surface area (Å²) in [5.41, 5.74) is 0.135. The van der Waals surface area contributed by atoms with E-state index >= 15 is 0 Å². The summed E-state index contributed by atoms with van der Waals surface area (Å²) in [6.07, 6.45) is 4.19. The van der Waals surface area contributed by atoms with Gasteiger partial charge in [-0.1, -0.05) is 19.9 Å². The SMILES string of the molecule is C=CCN1CC2(CCC1=O)CCN(C(=O)[C@H](O)C(C)C)CC2. The third-order valence-corrected chi connectivity index (χ3v) is 5.12. The van der Waals surface area contributed by atoms with Crippen molar-refractivity contribution < 1.29 is 14.7 Å². The van der Waals surface area contributed by atoms with Gasteiger partial charge in [-0.15, -0.1) is 6.58 Å². The molecule has 0 aromatic carbocycles. The lowest BCUT2D eigenvalue weighted by Gasteiger charge is -2.47. The second-order valence-corrected chi connectivity index (χ2v) is 7.08. The minimum atomic E-state index is -0.903. The molecule has 1 N–H and O–H groups in total. The molecule has 5 nitrogen and oxygen atoms in total. The summed E-state index contributed by atoms with van der Waals surface area (Å²) < 4.78 is 0. The molecule has 2 aliphatic heterocycles. The zero-order valence-corrected chi connectivity index (χ0v) is 13.8. The molecule has 0 aromatic rings. The molecule has 2 fully saturated rings. The minimum absolute atomic E-state index is 0.0567. The average molecular weight is 308 g/mol. The Morgan fingerprint density at radius 3 is 2.55 bits per heavy atom. The van der Waals surface area contributed by atoms with Crippen LogP contribution in [0.5, 0.6) is 0 Å². The smallest absolute Gasteiger partial charge is 0.251 e. The van der Waals surface area contributed by atoms with Gasteiger partial charge in [0.2, 0.25) is 5.91 Å². The molecule has 0 aliphatic carbocycles. The first kappa shape index (κ1) is 17.0. The van der Waals surface area contributed by atoms with Crippen LogP contribution in [0.3, 0.4) is 0 Å². The van der Waals surface area contributed by atoms with Crippen LogP contribution >= 0.6 is 0 Å². The Balaban J connectivity index is 1.95. The maximum atomic E-state index is 12.2. The van der Waals surface area contributed by atoms with E-state index in [0.29, 0.717) is 26.1 Å². The highest BCUT2D eigenvalue weighted by atomic mass is 16.3. The van der Waals surface area contributed by atoms with E-state index in [-0.39, 0.29) is 23.1 Å². The van der Waals surface area contributed by atoms with Crippen LogP contribution in [-0.2, 0) is 9.59 Å². The Bertz CT molecular complexity index is 439. The third kappa shape index (κ3) is 3.51. The Kier molecular flexibility index (Phi) is 5.27. The van der Waals surface area contributed by atoms with Gasteiger partial charge >= 0.3 is 0 Å². The number of hydrogen-bond donors (Lipinski definition) is 1. The highest BCUT2D eigenvalue weighted by Crippen LogP contribution is 2.40. The second-order valence-electron chi connectivity index (χ2n) is 7.08. The Hall–Kier alpha value is -1.36. The molecule has 2 amide bonds. The van der Waals surface area contributed by atoms with Crippen molar-refractivity contribution in [2.75, 3.05) is 26.2 Å². The second kappa shape index (κ2) is 6.82. The summed E-state index contributed by atoms with van der Waals surface area (Å²) in [5, 5.41) is 9.94. The van der Waals surface area contributed by atoms with E-state index in [1.54, 1.807) is 11.0 Å². The van der Waals surface area contributed by atoms with E-state index in [9.17, 15) is 14.7 Å². The fraction of sp³-hybridized carbons (Fsp3) is 0.765. The Morgan fingerprint density at radius 2 is 2.00 bits per heavy atom. The molecule has 2 heterocycles. The van der Waals surface area contributed by atoms with E-state index in [1.807, 2.05) is 18.7 Å². The number of carbonyl (C=O) groups is 2. The third-order valence-electron chi connectivity index (χ3n) is 5.12. The largest absolute Gasteiger partial charge is 0.383 e. The van der Waals surface area contributed by atoms with Gasteiger partial charge in [0.25, 0.3) is 5.91 Å². The lowest BCUT2D eigenvalue weighted by atomic mass is 9.72. The van der Waals surface area contributed by atoms with E-state index in [4.69, 9.17) is 0 Å². The molecule has 5 heteroatoms. The first-order chi connectivity index (χ1) is 10.4. The highest BCUT2D eigenvalue weighted by Gasteiger charge is 2.42. The van der Waals surface area contributed by atoms with Crippen molar-refractivity contribution in [3.8, 4) is 0 Å². The molecule has 2 rings (SSSR count). The topological polar surface area (TPSA) is 60.9 Å². The summed E-state index contributed by atoms with van der Waals surface area (Å²) in [6.45, 7) is 10.2. The number of aliphatic hydroxyl groups excluding tert-OH is 1. The fourth-order valence-electron chi connectivity index (χ4n) is 3.51. The van der Waals surface area contributed by atoms with Gasteiger partial charge in [-0.25, -0.2) is 0 Å². The van der Waals surface area contributed by atoms with E-state index in [1.165, 1.54) is 0 Å². The molecule has 0 bridgehead atoms. The quantitative estimate of drug-likeness (QED) is 0.799. The van der Waals surface area contributed by atoms with Gasteiger partial charge in [-0.05, 0) is 30.6 Å². The molecule has 2 saturated heterocycles. The van der Waals surface area contributed by atoms with Crippen molar-refractivity contribution in [1.82, 2.24) is 9.80 Å². The maximum Gasteiger partial charge on any atom is 0.251 e. The molecule has 0 radical (unpaired) electrons. The summed E-state index contributed by atoms with van der Waals surface area (Å²) in [7, 11) is 0. The van der Waals surface area contributed by atoms with Crippen LogP contribution in [-0.4, -0.2) is 59.0 Å². The molecule has 0 saturated carbocycles. The number of piperidine rings is 2. The molecule has 2 aliphatic rings. The van der Waals surface area contributed by atoms with Crippen LogP contribution < -0.4 is 0 Å². The standard InChI is InChI=1S/C17H28N2O3/c1-4-9-19-12-17(6-5-14(19)20)7-10-18(11-8-17)16(22)15(21)13(2)3/h4,13,15,21H,1,5-12H2,2-3H3/t15-/m1/s1. The monoisotopic (exact) mass is 308 g/mol. The zero-order chi connectivity index (χ0) is 16.3. The van der Waals surface area contributed by atoms with Crippen LogP contribution in [0.15, 0.2) is 12.7 Å². The molecule has 0 aromatic heterocycles. The van der Waals surface area contributed by atoms with Gasteiger partial charge in [0.05, 0.1) is 0 Å². The number of rotatable bonds is 4. The first-order valence-corrected chi connectivity index (χ1v) is 8.24. The molecule has 0 unspecified atom stereocenters. The van der Waals surface area contributed by atoms with Crippen molar-refractivity contribution in [3.63, 3.8) is 0 Å². The molecule has 124 valence electrons. The van der Waals surface area contributed by atoms with Gasteiger partial charge in [0, 0.05) is 32.6 Å². The van der Waals surface area contributed by atoms with Crippen LogP contribution in [0.1, 0.15) is 39.5 Å². The number of hydrogen-bond acceptors (Lipinski definition) is 3.